The molecule has 0 saturated heterocycles. The number of primary amides is 1. The number of carbonyl (C=O) groups is 1. The van der Waals surface area contributed by atoms with Gasteiger partial charge in [-0.05, 0) is 36.2 Å². The minimum Gasteiger partial charge on any atom is -0.489 e. The van der Waals surface area contributed by atoms with E-state index in [0.717, 1.165) is 17.7 Å². The number of carbonyl (C=O) groups excluding carboxylic acids is 1. The van der Waals surface area contributed by atoms with Gasteiger partial charge in [0, 0.05) is 16.8 Å². The summed E-state index contributed by atoms with van der Waals surface area (Å²) in [5.74, 6) is 0.322. The van der Waals surface area contributed by atoms with Crippen molar-refractivity contribution in [3.63, 3.8) is 0 Å². The fraction of sp³-hybridized carbons (Fsp3) is 0.188. The van der Waals surface area contributed by atoms with Gasteiger partial charge in [0.25, 0.3) is 0 Å². The molecule has 20 heavy (non-hydrogen) atoms. The summed E-state index contributed by atoms with van der Waals surface area (Å²) in [5.41, 5.74) is 14.1. The number of hydrogen-bond donors (Lipinski definition) is 2. The monoisotopic (exact) mass is 270 g/mol. The Kier molecular flexibility index (Phi) is 4.25. The molecule has 0 heterocycles. The van der Waals surface area contributed by atoms with Crippen LogP contribution < -0.4 is 16.2 Å². The first-order valence-electron chi connectivity index (χ1n) is 6.50. The minimum absolute atomic E-state index is 0.359. The Morgan fingerprint density at radius 1 is 1.20 bits per heavy atom. The lowest BCUT2D eigenvalue weighted by atomic mass is 10.1. The largest absolute Gasteiger partial charge is 0.489 e. The Labute approximate surface area is 118 Å². The Morgan fingerprint density at radius 2 is 2.00 bits per heavy atom. The fourth-order valence-corrected chi connectivity index (χ4v) is 1.90. The summed E-state index contributed by atoms with van der Waals surface area (Å²) >= 11 is 0. The van der Waals surface area contributed by atoms with Crippen LogP contribution in [0.5, 0.6) is 5.75 Å². The van der Waals surface area contributed by atoms with E-state index in [-0.39, 0.29) is 0 Å². The van der Waals surface area contributed by atoms with Crippen molar-refractivity contribution in [3.8, 4) is 5.75 Å². The second-order valence-corrected chi connectivity index (χ2v) is 4.57. The SMILES string of the molecule is CCc1cccc(OCc2ccc(C(N)=O)cc2N)c1. The number of nitrogen functional groups attached to an aromatic ring is 1. The first-order valence-corrected chi connectivity index (χ1v) is 6.50. The van der Waals surface area contributed by atoms with Gasteiger partial charge in [-0.15, -0.1) is 0 Å². The maximum Gasteiger partial charge on any atom is 0.248 e. The van der Waals surface area contributed by atoms with Gasteiger partial charge >= 0.3 is 0 Å². The molecule has 1 amide bonds. The van der Waals surface area contributed by atoms with Crippen molar-refractivity contribution in [1.29, 1.82) is 0 Å². The smallest absolute Gasteiger partial charge is 0.248 e. The molecule has 0 spiro atoms. The predicted molar refractivity (Wildman–Crippen MR) is 79.5 cm³/mol. The van der Waals surface area contributed by atoms with Gasteiger partial charge in [-0.3, -0.25) is 4.79 Å². The van der Waals surface area contributed by atoms with Gasteiger partial charge in [0.15, 0.2) is 0 Å². The third kappa shape index (κ3) is 3.29. The van der Waals surface area contributed by atoms with E-state index in [1.165, 1.54) is 5.56 Å². The highest BCUT2D eigenvalue weighted by Crippen LogP contribution is 2.19. The highest BCUT2D eigenvalue weighted by atomic mass is 16.5. The minimum atomic E-state index is -0.486. The molecule has 0 fully saturated rings. The average molecular weight is 270 g/mol. The van der Waals surface area contributed by atoms with Crippen molar-refractivity contribution in [2.24, 2.45) is 5.73 Å². The van der Waals surface area contributed by atoms with Crippen molar-refractivity contribution in [2.45, 2.75) is 20.0 Å². The molecule has 0 radical (unpaired) electrons. The van der Waals surface area contributed by atoms with Crippen LogP contribution in [0.3, 0.4) is 0 Å². The molecule has 2 aromatic rings. The van der Waals surface area contributed by atoms with E-state index in [2.05, 4.69) is 13.0 Å². The molecular weight excluding hydrogens is 252 g/mol. The summed E-state index contributed by atoms with van der Waals surface area (Å²) in [6.45, 7) is 2.46. The normalized spacial score (nSPS) is 10.2. The molecule has 4 heteroatoms. The molecule has 0 saturated carbocycles. The molecule has 4 N–H and O–H groups in total. The van der Waals surface area contributed by atoms with Crippen LogP contribution in [0.4, 0.5) is 5.69 Å². The van der Waals surface area contributed by atoms with E-state index in [4.69, 9.17) is 16.2 Å². The van der Waals surface area contributed by atoms with Crippen molar-refractivity contribution >= 4 is 11.6 Å². The van der Waals surface area contributed by atoms with Gasteiger partial charge in [-0.1, -0.05) is 25.1 Å². The number of rotatable bonds is 5. The number of ether oxygens (including phenoxy) is 1. The number of nitrogens with two attached hydrogens (primary N) is 2. The van der Waals surface area contributed by atoms with Crippen LogP contribution in [0.15, 0.2) is 42.5 Å². The lowest BCUT2D eigenvalue weighted by molar-refractivity contribution is 0.100. The summed E-state index contributed by atoms with van der Waals surface area (Å²) < 4.78 is 5.72. The van der Waals surface area contributed by atoms with Crippen LogP contribution in [0.2, 0.25) is 0 Å². The van der Waals surface area contributed by atoms with E-state index in [1.807, 2.05) is 18.2 Å². The standard InChI is InChI=1S/C16H18N2O2/c1-2-11-4-3-5-14(8-11)20-10-13-7-6-12(16(18)19)9-15(13)17/h3-9H,2,10,17H2,1H3,(H2,18,19). The molecule has 0 aliphatic heterocycles. The number of hydrogen-bond acceptors (Lipinski definition) is 3. The molecule has 0 atom stereocenters. The Bertz CT molecular complexity index is 624. The molecule has 104 valence electrons. The van der Waals surface area contributed by atoms with Gasteiger partial charge in [-0.2, -0.15) is 0 Å². The van der Waals surface area contributed by atoms with E-state index < -0.39 is 5.91 Å². The fourth-order valence-electron chi connectivity index (χ4n) is 1.90. The zero-order valence-corrected chi connectivity index (χ0v) is 11.4. The van der Waals surface area contributed by atoms with E-state index in [9.17, 15) is 4.79 Å². The first-order chi connectivity index (χ1) is 9.60. The second kappa shape index (κ2) is 6.10. The summed E-state index contributed by atoms with van der Waals surface area (Å²) in [6.07, 6.45) is 0.965. The molecule has 0 bridgehead atoms. The molecule has 2 aromatic carbocycles. The zero-order valence-electron chi connectivity index (χ0n) is 11.4. The average Bonchev–Trinajstić information content (AvgIpc) is 2.46. The number of aryl methyl sites for hydroxylation is 1. The quantitative estimate of drug-likeness (QED) is 0.819. The van der Waals surface area contributed by atoms with Crippen LogP contribution in [-0.2, 0) is 13.0 Å². The van der Waals surface area contributed by atoms with E-state index in [0.29, 0.717) is 17.9 Å². The van der Waals surface area contributed by atoms with Crippen LogP contribution in [0, 0.1) is 0 Å². The zero-order chi connectivity index (χ0) is 14.5. The van der Waals surface area contributed by atoms with E-state index >= 15 is 0 Å². The van der Waals surface area contributed by atoms with Crippen LogP contribution >= 0.6 is 0 Å². The molecule has 0 unspecified atom stereocenters. The van der Waals surface area contributed by atoms with Crippen LogP contribution in [-0.4, -0.2) is 5.91 Å². The van der Waals surface area contributed by atoms with Gasteiger partial charge in [0.2, 0.25) is 5.91 Å². The first kappa shape index (κ1) is 13.9. The molecule has 0 aromatic heterocycles. The van der Waals surface area contributed by atoms with Gasteiger partial charge < -0.3 is 16.2 Å². The Morgan fingerprint density at radius 3 is 2.65 bits per heavy atom. The summed E-state index contributed by atoms with van der Waals surface area (Å²) in [7, 11) is 0. The molecule has 0 aliphatic rings. The number of anilines is 1. The third-order valence-electron chi connectivity index (χ3n) is 3.13. The van der Waals surface area contributed by atoms with Crippen molar-refractivity contribution in [2.75, 3.05) is 5.73 Å². The third-order valence-corrected chi connectivity index (χ3v) is 3.13. The van der Waals surface area contributed by atoms with Crippen molar-refractivity contribution < 1.29 is 9.53 Å². The lowest BCUT2D eigenvalue weighted by Crippen LogP contribution is -2.12. The Balaban J connectivity index is 2.08. The van der Waals surface area contributed by atoms with Crippen LogP contribution in [0.1, 0.15) is 28.4 Å². The maximum atomic E-state index is 11.0. The van der Waals surface area contributed by atoms with Crippen molar-refractivity contribution in [1.82, 2.24) is 0 Å². The lowest BCUT2D eigenvalue weighted by Gasteiger charge is -2.10. The number of amides is 1. The van der Waals surface area contributed by atoms with Gasteiger partial charge in [-0.25, -0.2) is 0 Å². The second-order valence-electron chi connectivity index (χ2n) is 4.57. The Hall–Kier alpha value is -2.49. The van der Waals surface area contributed by atoms with Crippen molar-refractivity contribution in [3.05, 3.63) is 59.2 Å². The maximum absolute atomic E-state index is 11.0. The highest BCUT2D eigenvalue weighted by Gasteiger charge is 2.05. The molecule has 0 aliphatic carbocycles. The predicted octanol–water partition coefficient (Wildman–Crippen LogP) is 2.51. The van der Waals surface area contributed by atoms with Gasteiger partial charge in [0.1, 0.15) is 12.4 Å². The number of benzene rings is 2. The highest BCUT2D eigenvalue weighted by molar-refractivity contribution is 5.93. The molecule has 2 rings (SSSR count). The summed E-state index contributed by atoms with van der Waals surface area (Å²) in [6, 6.07) is 12.9. The summed E-state index contributed by atoms with van der Waals surface area (Å²) in [5, 5.41) is 0. The molecular formula is C16H18N2O2. The molecule has 4 nitrogen and oxygen atoms in total. The summed E-state index contributed by atoms with van der Waals surface area (Å²) in [4.78, 5) is 11.0. The van der Waals surface area contributed by atoms with Gasteiger partial charge in [0.05, 0.1) is 0 Å². The van der Waals surface area contributed by atoms with Crippen LogP contribution in [0.25, 0.3) is 0 Å². The topological polar surface area (TPSA) is 78.3 Å². The van der Waals surface area contributed by atoms with E-state index in [1.54, 1.807) is 18.2 Å².